The number of nitrogens with zero attached hydrogens (tertiary/aromatic N) is 1. The Bertz CT molecular complexity index is 1270. The highest BCUT2D eigenvalue weighted by atomic mass is 35.5. The highest BCUT2D eigenvalue weighted by Gasteiger charge is 2.55. The van der Waals surface area contributed by atoms with E-state index in [9.17, 15) is 41.4 Å². The van der Waals surface area contributed by atoms with Crippen molar-refractivity contribution >= 4 is 50.5 Å². The third kappa shape index (κ3) is 5.26. The van der Waals surface area contributed by atoms with Gasteiger partial charge < -0.3 is 20.4 Å². The van der Waals surface area contributed by atoms with Crippen LogP contribution in [0.1, 0.15) is 23.7 Å². The maximum atomic E-state index is 13.1. The Labute approximate surface area is 208 Å². The number of nitrogens with one attached hydrogen (secondary N) is 1. The first-order chi connectivity index (χ1) is 16.1. The summed E-state index contributed by atoms with van der Waals surface area (Å²) in [4.78, 5) is 25.1. The van der Waals surface area contributed by atoms with Crippen LogP contribution in [0, 0.1) is 0 Å². The van der Waals surface area contributed by atoms with E-state index in [2.05, 4.69) is 0 Å². The minimum absolute atomic E-state index is 0.175. The van der Waals surface area contributed by atoms with Crippen molar-refractivity contribution in [2.75, 3.05) is 18.4 Å². The molecule has 0 spiro atoms. The Balaban J connectivity index is 1.86. The van der Waals surface area contributed by atoms with Crippen molar-refractivity contribution in [3.05, 3.63) is 52.0 Å². The first-order valence-electron chi connectivity index (χ1n) is 9.98. The van der Waals surface area contributed by atoms with Gasteiger partial charge in [0.05, 0.1) is 31.6 Å². The highest BCUT2D eigenvalue weighted by Crippen LogP contribution is 2.39. The lowest BCUT2D eigenvalue weighted by Gasteiger charge is -2.25. The monoisotopic (exact) mass is 554 g/mol. The van der Waals surface area contributed by atoms with Crippen molar-refractivity contribution in [1.29, 1.82) is 0 Å². The number of rotatable bonds is 5. The summed E-state index contributed by atoms with van der Waals surface area (Å²) in [6, 6.07) is 6.81. The van der Waals surface area contributed by atoms with Gasteiger partial charge in [-0.05, 0) is 49.7 Å². The van der Waals surface area contributed by atoms with Gasteiger partial charge in [0.15, 0.2) is 0 Å². The second-order valence-electron chi connectivity index (χ2n) is 7.98. The van der Waals surface area contributed by atoms with Crippen LogP contribution in [-0.4, -0.2) is 66.3 Å². The van der Waals surface area contributed by atoms with E-state index in [1.165, 1.54) is 29.2 Å². The van der Waals surface area contributed by atoms with E-state index in [0.29, 0.717) is 13.0 Å². The Hall–Kier alpha value is -2.38. The molecule has 8 nitrogen and oxygen atoms in total. The third-order valence-corrected chi connectivity index (χ3v) is 8.25. The lowest BCUT2D eigenvalue weighted by atomic mass is 10.1. The van der Waals surface area contributed by atoms with Crippen molar-refractivity contribution in [3.8, 4) is 0 Å². The summed E-state index contributed by atoms with van der Waals surface area (Å²) in [5.74, 6) is -2.22. The fraction of sp³-hybridized carbons (Fsp3) is 0.333. The van der Waals surface area contributed by atoms with Crippen LogP contribution in [0.4, 0.5) is 18.9 Å². The van der Waals surface area contributed by atoms with Gasteiger partial charge in [-0.1, -0.05) is 23.2 Å². The quantitative estimate of drug-likeness (QED) is 0.521. The molecule has 14 heteroatoms. The van der Waals surface area contributed by atoms with Crippen LogP contribution in [0.5, 0.6) is 0 Å². The maximum Gasteiger partial charge on any atom is 0.426 e. The summed E-state index contributed by atoms with van der Waals surface area (Å²) in [5, 5.41) is 19.7. The molecule has 0 saturated carbocycles. The molecule has 2 unspecified atom stereocenters. The number of carbonyl (C=O) groups excluding carboxylic acids is 2. The molecule has 190 valence electrons. The van der Waals surface area contributed by atoms with E-state index in [-0.39, 0.29) is 29.8 Å². The molecule has 1 heterocycles. The molecule has 35 heavy (non-hydrogen) atoms. The van der Waals surface area contributed by atoms with Gasteiger partial charge in [0, 0.05) is 18.7 Å². The van der Waals surface area contributed by atoms with Gasteiger partial charge in [-0.25, -0.2) is 8.42 Å². The molecule has 3 rings (SSSR count). The first-order valence-corrected chi connectivity index (χ1v) is 12.2. The molecular weight excluding hydrogens is 536 g/mol. The summed E-state index contributed by atoms with van der Waals surface area (Å²) in [6.45, 7) is 0.792. The van der Waals surface area contributed by atoms with Crippen LogP contribution in [0.3, 0.4) is 0 Å². The van der Waals surface area contributed by atoms with E-state index in [4.69, 9.17) is 23.2 Å². The van der Waals surface area contributed by atoms with Crippen LogP contribution in [0.2, 0.25) is 10.0 Å². The minimum Gasteiger partial charge on any atom is -0.391 e. The van der Waals surface area contributed by atoms with Gasteiger partial charge in [-0.3, -0.25) is 9.59 Å². The summed E-state index contributed by atoms with van der Waals surface area (Å²) < 4.78 is 64.7. The number of β-amino-alcohol motifs (C(OH)–C–C–N with tert-alkyl or cyclic N) is 1. The van der Waals surface area contributed by atoms with E-state index in [0.717, 1.165) is 12.1 Å². The molecule has 2 aromatic carbocycles. The number of amides is 2. The largest absolute Gasteiger partial charge is 0.426 e. The fourth-order valence-electron chi connectivity index (χ4n) is 3.22. The number of sulfone groups is 1. The molecule has 0 bridgehead atoms. The molecule has 2 aromatic rings. The lowest BCUT2D eigenvalue weighted by Crippen LogP contribution is -2.52. The molecule has 0 aromatic heterocycles. The van der Waals surface area contributed by atoms with Gasteiger partial charge in [-0.2, -0.15) is 13.2 Å². The van der Waals surface area contributed by atoms with Crippen molar-refractivity contribution in [1.82, 2.24) is 4.90 Å². The molecule has 1 saturated heterocycles. The highest BCUT2D eigenvalue weighted by molar-refractivity contribution is 7.91. The van der Waals surface area contributed by atoms with E-state index >= 15 is 0 Å². The zero-order valence-electron chi connectivity index (χ0n) is 17.9. The predicted molar refractivity (Wildman–Crippen MR) is 120 cm³/mol. The van der Waals surface area contributed by atoms with Gasteiger partial charge in [0.25, 0.3) is 11.8 Å². The van der Waals surface area contributed by atoms with E-state index < -0.39 is 54.3 Å². The fourth-order valence-corrected chi connectivity index (χ4v) is 5.29. The van der Waals surface area contributed by atoms with Gasteiger partial charge in [0.1, 0.15) is 0 Å². The van der Waals surface area contributed by atoms with Gasteiger partial charge in [-0.15, -0.1) is 0 Å². The molecule has 0 aliphatic carbocycles. The number of benzene rings is 2. The number of likely N-dealkylation sites (tertiary alicyclic amines) is 1. The Morgan fingerprint density at radius 1 is 1.09 bits per heavy atom. The lowest BCUT2D eigenvalue weighted by molar-refractivity contribution is -0.242. The molecule has 2 amide bonds. The van der Waals surface area contributed by atoms with Crippen molar-refractivity contribution in [2.45, 2.75) is 41.0 Å². The smallest absolute Gasteiger partial charge is 0.391 e. The standard InChI is InChI=1S/C21H19Cl2F3N2O6S/c1-20(32,21(24,25)26)19(31)27-14-6-7-15(17(23)16(14)22)35(33,34)13-4-2-11(3-5-13)18(30)28-9-8-12(29)10-28/h2-7,12,29,32H,8-10H2,1H3,(H,27,31). The molecular formula is C21H19Cl2F3N2O6S. The normalized spacial score (nSPS) is 18.3. The zero-order valence-corrected chi connectivity index (χ0v) is 20.3. The van der Waals surface area contributed by atoms with Crippen LogP contribution in [-0.2, 0) is 14.6 Å². The van der Waals surface area contributed by atoms with Crippen LogP contribution in [0.15, 0.2) is 46.2 Å². The average molecular weight is 555 g/mol. The number of aliphatic hydroxyl groups is 2. The number of hydrogen-bond acceptors (Lipinski definition) is 6. The number of hydrogen-bond donors (Lipinski definition) is 3. The first kappa shape index (κ1) is 27.2. The van der Waals surface area contributed by atoms with Crippen LogP contribution in [0.25, 0.3) is 0 Å². The molecule has 0 radical (unpaired) electrons. The average Bonchev–Trinajstić information content (AvgIpc) is 3.21. The molecule has 1 aliphatic heterocycles. The molecule has 3 N–H and O–H groups in total. The van der Waals surface area contributed by atoms with Crippen LogP contribution < -0.4 is 5.32 Å². The Kier molecular flexibility index (Phi) is 7.45. The topological polar surface area (TPSA) is 124 Å². The molecule has 1 aliphatic rings. The predicted octanol–water partition coefficient (Wildman–Crippen LogP) is 3.28. The maximum absolute atomic E-state index is 13.1. The van der Waals surface area contributed by atoms with Crippen molar-refractivity contribution in [3.63, 3.8) is 0 Å². The zero-order chi connectivity index (χ0) is 26.3. The summed E-state index contributed by atoms with van der Waals surface area (Å²) in [5.41, 5.74) is -3.98. The number of alkyl halides is 3. The minimum atomic E-state index is -5.28. The van der Waals surface area contributed by atoms with Gasteiger partial charge in [0.2, 0.25) is 15.4 Å². The number of halogens is 5. The van der Waals surface area contributed by atoms with Crippen molar-refractivity contribution < 1.29 is 41.4 Å². The molecule has 1 fully saturated rings. The third-order valence-electron chi connectivity index (χ3n) is 5.44. The Morgan fingerprint density at radius 2 is 1.69 bits per heavy atom. The van der Waals surface area contributed by atoms with Crippen molar-refractivity contribution in [2.24, 2.45) is 0 Å². The summed E-state index contributed by atoms with van der Waals surface area (Å²) >= 11 is 12.1. The SMILES string of the molecule is CC(O)(C(=O)Nc1ccc(S(=O)(=O)c2ccc(C(=O)N3CCC(O)C3)cc2)c(Cl)c1Cl)C(F)(F)F. The summed E-state index contributed by atoms with van der Waals surface area (Å²) in [6.07, 6.45) is -5.45. The second kappa shape index (κ2) is 9.58. The van der Waals surface area contributed by atoms with Gasteiger partial charge >= 0.3 is 6.18 Å². The van der Waals surface area contributed by atoms with E-state index in [1.807, 2.05) is 0 Å². The number of carbonyl (C=O) groups is 2. The number of aliphatic hydroxyl groups excluding tert-OH is 1. The Morgan fingerprint density at radius 3 is 2.20 bits per heavy atom. The number of anilines is 1. The van der Waals surface area contributed by atoms with E-state index in [1.54, 1.807) is 5.32 Å². The summed E-state index contributed by atoms with van der Waals surface area (Å²) in [7, 11) is -4.28. The second-order valence-corrected chi connectivity index (χ2v) is 10.7. The molecule has 2 atom stereocenters. The van der Waals surface area contributed by atoms with Crippen LogP contribution >= 0.6 is 23.2 Å².